The number of aliphatic hydroxyl groups is 2. The minimum atomic E-state index is -0.294. The Labute approximate surface area is 482 Å². The minimum absolute atomic E-state index is 0.0791. The van der Waals surface area contributed by atoms with E-state index in [4.69, 9.17) is 0 Å². The fourth-order valence-corrected chi connectivity index (χ4v) is 16.4. The van der Waals surface area contributed by atoms with E-state index in [2.05, 4.69) is 89.7 Å². The lowest BCUT2D eigenvalue weighted by Crippen LogP contribution is -2.40. The number of carbonyl (C=O) groups excluding carboxylic acids is 6. The highest BCUT2D eigenvalue weighted by Crippen LogP contribution is 2.53. The number of fused-ring (bicyclic) bond motifs is 4. The number of aliphatic hydroxyl groups excluding tert-OH is 2. The largest absolute Gasteiger partial charge is 0.393 e. The SMILES string of the molecule is CC[C@@H]1C[C@]2(CCC1=O)Cc1ccc(Br)cc1C2=O.CC[C@@H]1C[C@]2(CC[C@H]1O)Cc1ccc(Br)cc1C2=O.CC[C@H]1C[C@@]2(CCC1=O)Cc1ccc(Br)cc1C2=O.CC[C@H]1C[C@@]2(CC[C@@H]1O)Cc1ccc(Br)cc1C2=O. The van der Waals surface area contributed by atoms with Crippen LogP contribution >= 0.6 is 63.7 Å². The van der Waals surface area contributed by atoms with Crippen molar-refractivity contribution < 1.29 is 39.0 Å². The maximum absolute atomic E-state index is 12.8. The number of hydrogen-bond acceptors (Lipinski definition) is 8. The third kappa shape index (κ3) is 11.0. The number of halogens is 4. The smallest absolute Gasteiger partial charge is 0.169 e. The Morgan fingerprint density at radius 3 is 0.947 bits per heavy atom. The molecule has 404 valence electrons. The third-order valence-corrected chi connectivity index (χ3v) is 21.4. The molecule has 12 rings (SSSR count). The summed E-state index contributed by atoms with van der Waals surface area (Å²) in [6, 6.07) is 24.0. The maximum atomic E-state index is 12.8. The molecule has 4 saturated carbocycles. The summed E-state index contributed by atoms with van der Waals surface area (Å²) < 4.78 is 3.85. The van der Waals surface area contributed by atoms with E-state index in [0.717, 1.165) is 167 Å². The summed E-state index contributed by atoms with van der Waals surface area (Å²) in [6.45, 7) is 8.31. The number of ketones is 6. The van der Waals surface area contributed by atoms with Crippen molar-refractivity contribution >= 4 is 98.4 Å². The van der Waals surface area contributed by atoms with Crippen LogP contribution in [0, 0.1) is 45.3 Å². The predicted octanol–water partition coefficient (Wildman–Crippen LogP) is 15.4. The van der Waals surface area contributed by atoms with Crippen LogP contribution in [0.5, 0.6) is 0 Å². The molecule has 4 aromatic carbocycles. The van der Waals surface area contributed by atoms with Crippen molar-refractivity contribution in [1.82, 2.24) is 0 Å². The predicted molar refractivity (Wildman–Crippen MR) is 311 cm³/mol. The first-order valence-corrected chi connectivity index (χ1v) is 31.1. The maximum Gasteiger partial charge on any atom is 0.169 e. The van der Waals surface area contributed by atoms with Gasteiger partial charge in [0.05, 0.1) is 12.2 Å². The van der Waals surface area contributed by atoms with Crippen LogP contribution in [0.1, 0.15) is 194 Å². The Kier molecular flexibility index (Phi) is 17.4. The molecule has 4 fully saturated rings. The van der Waals surface area contributed by atoms with Crippen LogP contribution in [-0.2, 0) is 35.3 Å². The first kappa shape index (κ1) is 57.4. The van der Waals surface area contributed by atoms with Gasteiger partial charge in [-0.05, 0) is 185 Å². The highest BCUT2D eigenvalue weighted by atomic mass is 79.9. The zero-order chi connectivity index (χ0) is 54.5. The highest BCUT2D eigenvalue weighted by molar-refractivity contribution is 9.11. The summed E-state index contributed by atoms with van der Waals surface area (Å²) in [5, 5.41) is 20.1. The zero-order valence-corrected chi connectivity index (χ0v) is 50.7. The topological polar surface area (TPSA) is 143 Å². The molecule has 12 heteroatoms. The molecule has 0 amide bonds. The second-order valence-corrected chi connectivity index (χ2v) is 27.5. The van der Waals surface area contributed by atoms with Gasteiger partial charge in [0.15, 0.2) is 23.1 Å². The van der Waals surface area contributed by atoms with Gasteiger partial charge >= 0.3 is 0 Å². The molecule has 2 N–H and O–H groups in total. The summed E-state index contributed by atoms with van der Waals surface area (Å²) >= 11 is 13.8. The number of hydrogen-bond donors (Lipinski definition) is 2. The normalized spacial score (nSPS) is 31.8. The van der Waals surface area contributed by atoms with Gasteiger partial charge in [0.2, 0.25) is 0 Å². The summed E-state index contributed by atoms with van der Waals surface area (Å²) in [7, 11) is 0. The molecule has 0 aliphatic heterocycles. The van der Waals surface area contributed by atoms with Crippen LogP contribution in [0.25, 0.3) is 0 Å². The Hall–Kier alpha value is -3.26. The van der Waals surface area contributed by atoms with Crippen molar-refractivity contribution in [3.8, 4) is 0 Å². The third-order valence-electron chi connectivity index (χ3n) is 19.5. The summed E-state index contributed by atoms with van der Waals surface area (Å²) in [5.41, 5.74) is 7.11. The van der Waals surface area contributed by atoms with E-state index in [-0.39, 0.29) is 69.1 Å². The molecule has 10 atom stereocenters. The number of carbonyl (C=O) groups is 6. The van der Waals surface area contributed by atoms with Crippen LogP contribution in [0.3, 0.4) is 0 Å². The standard InChI is InChI=1S/2C16H19BrO2.2C16H17BrO2/c4*1-2-10-8-16(6-5-14(10)18)9-11-3-4-12(17)7-13(11)15(16)19/h2*3-4,7,10,14,18H,2,5-6,8-9H2,1H3;2*3-4,7,10H,2,5-6,8-9H2,1H3/t2*10-,14-,16-;2*10-,16-/m1010/s1. The second-order valence-electron chi connectivity index (χ2n) is 23.9. The van der Waals surface area contributed by atoms with Crippen molar-refractivity contribution in [1.29, 1.82) is 0 Å². The van der Waals surface area contributed by atoms with E-state index in [1.54, 1.807) is 0 Å². The Balaban J connectivity index is 0.000000124. The fourth-order valence-electron chi connectivity index (χ4n) is 14.9. The van der Waals surface area contributed by atoms with E-state index in [0.29, 0.717) is 36.0 Å². The average Bonchev–Trinajstić information content (AvgIpc) is 4.07. The van der Waals surface area contributed by atoms with E-state index < -0.39 is 0 Å². The van der Waals surface area contributed by atoms with Crippen LogP contribution in [0.15, 0.2) is 90.7 Å². The van der Waals surface area contributed by atoms with Crippen LogP contribution in [0.4, 0.5) is 0 Å². The molecule has 4 aromatic rings. The summed E-state index contributed by atoms with van der Waals surface area (Å²) in [5.74, 6) is 2.51. The molecule has 4 spiro atoms. The van der Waals surface area contributed by atoms with Gasteiger partial charge in [0.1, 0.15) is 11.6 Å². The monoisotopic (exact) mass is 1280 g/mol. The Morgan fingerprint density at radius 2 is 0.684 bits per heavy atom. The van der Waals surface area contributed by atoms with E-state index in [1.807, 2.05) is 74.5 Å². The summed E-state index contributed by atoms with van der Waals surface area (Å²) in [6.07, 6.45) is 15.5. The lowest BCUT2D eigenvalue weighted by Gasteiger charge is -2.39. The Bertz CT molecular complexity index is 2770. The van der Waals surface area contributed by atoms with E-state index >= 15 is 0 Å². The minimum Gasteiger partial charge on any atom is -0.393 e. The van der Waals surface area contributed by atoms with Gasteiger partial charge in [0, 0.05) is 86.5 Å². The van der Waals surface area contributed by atoms with Crippen molar-refractivity contribution in [2.24, 2.45) is 45.3 Å². The molecule has 0 aromatic heterocycles. The number of benzene rings is 4. The quantitative estimate of drug-likeness (QED) is 0.206. The molecule has 8 aliphatic rings. The van der Waals surface area contributed by atoms with Gasteiger partial charge in [0.25, 0.3) is 0 Å². The van der Waals surface area contributed by atoms with Crippen LogP contribution < -0.4 is 0 Å². The van der Waals surface area contributed by atoms with Gasteiger partial charge in [-0.2, -0.15) is 0 Å². The number of rotatable bonds is 4. The van der Waals surface area contributed by atoms with Gasteiger partial charge in [-0.25, -0.2) is 0 Å². The van der Waals surface area contributed by atoms with Crippen LogP contribution in [0.2, 0.25) is 0 Å². The summed E-state index contributed by atoms with van der Waals surface area (Å²) in [4.78, 5) is 74.9. The molecule has 0 radical (unpaired) electrons. The fraction of sp³-hybridized carbons (Fsp3) is 0.531. The van der Waals surface area contributed by atoms with Gasteiger partial charge in [-0.15, -0.1) is 0 Å². The average molecular weight is 1290 g/mol. The van der Waals surface area contributed by atoms with Crippen molar-refractivity contribution in [2.75, 3.05) is 0 Å². The van der Waals surface area contributed by atoms with Crippen molar-refractivity contribution in [3.63, 3.8) is 0 Å². The molecule has 0 bridgehead atoms. The molecule has 0 heterocycles. The Morgan fingerprint density at radius 1 is 0.408 bits per heavy atom. The lowest BCUT2D eigenvalue weighted by molar-refractivity contribution is -0.127. The van der Waals surface area contributed by atoms with Gasteiger partial charge in [-0.1, -0.05) is 129 Å². The lowest BCUT2D eigenvalue weighted by atomic mass is 9.65. The molecule has 0 saturated heterocycles. The highest BCUT2D eigenvalue weighted by Gasteiger charge is 2.53. The zero-order valence-electron chi connectivity index (χ0n) is 44.4. The molecule has 8 aliphatic carbocycles. The van der Waals surface area contributed by atoms with Gasteiger partial charge in [-0.3, -0.25) is 28.8 Å². The molecular weight excluding hydrogens is 1220 g/mol. The van der Waals surface area contributed by atoms with Crippen molar-refractivity contribution in [3.05, 3.63) is 135 Å². The van der Waals surface area contributed by atoms with Crippen LogP contribution in [-0.4, -0.2) is 57.1 Å². The molecule has 76 heavy (non-hydrogen) atoms. The first-order chi connectivity index (χ1) is 36.2. The van der Waals surface area contributed by atoms with Gasteiger partial charge < -0.3 is 10.2 Å². The first-order valence-electron chi connectivity index (χ1n) is 28.0. The molecule has 0 unspecified atom stereocenters. The molecular formula is C64H72Br4O8. The second kappa shape index (κ2) is 23.1. The van der Waals surface area contributed by atoms with E-state index in [1.165, 1.54) is 11.1 Å². The molecule has 8 nitrogen and oxygen atoms in total. The number of Topliss-reactive ketones (excluding diaryl/α,β-unsaturated/α-hetero) is 6. The van der Waals surface area contributed by atoms with Crippen molar-refractivity contribution in [2.45, 2.75) is 168 Å². The van der Waals surface area contributed by atoms with E-state index in [9.17, 15) is 39.0 Å².